The van der Waals surface area contributed by atoms with E-state index in [0.29, 0.717) is 0 Å². The Bertz CT molecular complexity index is 315. The molecule has 0 bridgehead atoms. The van der Waals surface area contributed by atoms with Crippen LogP contribution in [0.15, 0.2) is 0 Å². The van der Waals surface area contributed by atoms with E-state index in [1.54, 1.807) is 6.92 Å². The van der Waals surface area contributed by atoms with E-state index in [-0.39, 0.29) is 6.61 Å². The quantitative estimate of drug-likeness (QED) is 0.628. The van der Waals surface area contributed by atoms with Gasteiger partial charge in [0, 0.05) is 13.8 Å². The first-order valence-electron chi connectivity index (χ1n) is 5.65. The molecule has 0 aromatic carbocycles. The number of carbonyl (C=O) groups is 2. The van der Waals surface area contributed by atoms with Crippen LogP contribution in [0.1, 0.15) is 20.8 Å². The van der Waals surface area contributed by atoms with E-state index in [1.807, 2.05) is 0 Å². The summed E-state index contributed by atoms with van der Waals surface area (Å²) in [5.41, 5.74) is 0. The molecule has 7 nitrogen and oxygen atoms in total. The first-order valence-corrected chi connectivity index (χ1v) is 5.65. The zero-order valence-corrected chi connectivity index (χ0v) is 10.5. The monoisotopic (exact) mass is 262 g/mol. The van der Waals surface area contributed by atoms with E-state index in [1.165, 1.54) is 13.8 Å². The zero-order chi connectivity index (χ0) is 13.9. The molecule has 1 heterocycles. The van der Waals surface area contributed by atoms with Gasteiger partial charge in [-0.1, -0.05) is 0 Å². The van der Waals surface area contributed by atoms with Crippen LogP contribution in [0.5, 0.6) is 0 Å². The maximum atomic E-state index is 10.9. The Morgan fingerprint density at radius 3 is 2.28 bits per heavy atom. The maximum absolute atomic E-state index is 10.9. The second-order valence-electron chi connectivity index (χ2n) is 4.24. The van der Waals surface area contributed by atoms with Crippen LogP contribution in [0.3, 0.4) is 0 Å². The molecular weight excluding hydrogens is 244 g/mol. The topological polar surface area (TPSA) is 102 Å². The molecule has 0 spiro atoms. The standard InChI is InChI=1S/C11H18O7/c1-5-11(18-7(3)13)10(15)9(14)8(17-5)4-16-6(2)12/h5,8-11,14-15H,4H2,1-3H3/t5-,8?,9-,10-,11?/m0/s1. The van der Waals surface area contributed by atoms with Crippen LogP contribution < -0.4 is 0 Å². The SMILES string of the molecule is CC(=O)OCC1O[C@@H](C)C(OC(C)=O)[C@@H](O)[C@H]1O. The van der Waals surface area contributed by atoms with Crippen LogP contribution in [0, 0.1) is 0 Å². The Morgan fingerprint density at radius 2 is 1.78 bits per heavy atom. The number of hydrogen-bond donors (Lipinski definition) is 2. The average Bonchev–Trinajstić information content (AvgIpc) is 2.27. The number of aliphatic hydroxyl groups excluding tert-OH is 2. The summed E-state index contributed by atoms with van der Waals surface area (Å²) in [6, 6.07) is 0. The summed E-state index contributed by atoms with van der Waals surface area (Å²) in [6.07, 6.45) is -4.95. The normalized spacial score (nSPS) is 35.9. The Labute approximate surface area is 105 Å². The molecule has 2 N–H and O–H groups in total. The zero-order valence-electron chi connectivity index (χ0n) is 10.5. The number of ether oxygens (including phenoxy) is 3. The van der Waals surface area contributed by atoms with Crippen molar-refractivity contribution in [2.45, 2.75) is 51.3 Å². The molecule has 0 saturated carbocycles. The van der Waals surface area contributed by atoms with Crippen LogP contribution in [0.25, 0.3) is 0 Å². The van der Waals surface area contributed by atoms with Gasteiger partial charge < -0.3 is 24.4 Å². The van der Waals surface area contributed by atoms with Crippen molar-refractivity contribution in [1.29, 1.82) is 0 Å². The minimum Gasteiger partial charge on any atom is -0.463 e. The lowest BCUT2D eigenvalue weighted by Crippen LogP contribution is -2.59. The van der Waals surface area contributed by atoms with Gasteiger partial charge in [-0.25, -0.2) is 0 Å². The molecule has 1 aliphatic rings. The summed E-state index contributed by atoms with van der Waals surface area (Å²) >= 11 is 0. The van der Waals surface area contributed by atoms with Gasteiger partial charge >= 0.3 is 11.9 Å². The summed E-state index contributed by atoms with van der Waals surface area (Å²) < 4.78 is 15.0. The highest BCUT2D eigenvalue weighted by Gasteiger charge is 2.44. The Balaban J connectivity index is 2.64. The first-order chi connectivity index (χ1) is 8.32. The van der Waals surface area contributed by atoms with Crippen molar-refractivity contribution in [2.75, 3.05) is 6.61 Å². The van der Waals surface area contributed by atoms with Gasteiger partial charge in [0.2, 0.25) is 0 Å². The van der Waals surface area contributed by atoms with Gasteiger partial charge in [-0.3, -0.25) is 9.59 Å². The third-order valence-corrected chi connectivity index (χ3v) is 2.67. The highest BCUT2D eigenvalue weighted by molar-refractivity contribution is 5.66. The minimum atomic E-state index is -1.29. The fourth-order valence-electron chi connectivity index (χ4n) is 1.82. The van der Waals surface area contributed by atoms with Crippen molar-refractivity contribution < 1.29 is 34.0 Å². The van der Waals surface area contributed by atoms with Gasteiger partial charge in [-0.05, 0) is 6.92 Å². The van der Waals surface area contributed by atoms with Crippen molar-refractivity contribution in [3.63, 3.8) is 0 Å². The van der Waals surface area contributed by atoms with Crippen LogP contribution in [-0.2, 0) is 23.8 Å². The molecule has 18 heavy (non-hydrogen) atoms. The van der Waals surface area contributed by atoms with E-state index in [4.69, 9.17) is 14.2 Å². The minimum absolute atomic E-state index is 0.162. The Morgan fingerprint density at radius 1 is 1.17 bits per heavy atom. The smallest absolute Gasteiger partial charge is 0.303 e. The van der Waals surface area contributed by atoms with Crippen LogP contribution in [0.2, 0.25) is 0 Å². The molecular formula is C11H18O7. The third kappa shape index (κ3) is 3.66. The number of hydrogen-bond acceptors (Lipinski definition) is 7. The molecule has 2 unspecified atom stereocenters. The molecule has 1 aliphatic heterocycles. The molecule has 1 fully saturated rings. The highest BCUT2D eigenvalue weighted by Crippen LogP contribution is 2.23. The fraction of sp³-hybridized carbons (Fsp3) is 0.818. The molecule has 0 aromatic heterocycles. The molecule has 0 amide bonds. The molecule has 104 valence electrons. The van der Waals surface area contributed by atoms with Gasteiger partial charge in [0.15, 0.2) is 6.10 Å². The molecule has 1 saturated heterocycles. The van der Waals surface area contributed by atoms with E-state index >= 15 is 0 Å². The average molecular weight is 262 g/mol. The number of aliphatic hydroxyl groups is 2. The van der Waals surface area contributed by atoms with Gasteiger partial charge in [0.05, 0.1) is 6.10 Å². The molecule has 0 radical (unpaired) electrons. The van der Waals surface area contributed by atoms with Crippen LogP contribution in [0.4, 0.5) is 0 Å². The molecule has 1 rings (SSSR count). The summed E-state index contributed by atoms with van der Waals surface area (Å²) in [5, 5.41) is 19.6. The third-order valence-electron chi connectivity index (χ3n) is 2.67. The van der Waals surface area contributed by atoms with Gasteiger partial charge in [0.25, 0.3) is 0 Å². The highest BCUT2D eigenvalue weighted by atomic mass is 16.6. The predicted octanol–water partition coefficient (Wildman–Crippen LogP) is -1.01. The van der Waals surface area contributed by atoms with Gasteiger partial charge in [-0.2, -0.15) is 0 Å². The first kappa shape index (κ1) is 14.9. The van der Waals surface area contributed by atoms with Crippen LogP contribution >= 0.6 is 0 Å². The summed E-state index contributed by atoms with van der Waals surface area (Å²) in [4.78, 5) is 21.5. The summed E-state index contributed by atoms with van der Waals surface area (Å²) in [7, 11) is 0. The van der Waals surface area contributed by atoms with Gasteiger partial charge in [0.1, 0.15) is 24.9 Å². The van der Waals surface area contributed by atoms with E-state index in [2.05, 4.69) is 0 Å². The van der Waals surface area contributed by atoms with E-state index < -0.39 is 42.5 Å². The lowest BCUT2D eigenvalue weighted by molar-refractivity contribution is -0.236. The van der Waals surface area contributed by atoms with Crippen molar-refractivity contribution in [2.24, 2.45) is 0 Å². The molecule has 0 aromatic rings. The molecule has 5 atom stereocenters. The Hall–Kier alpha value is -1.18. The second kappa shape index (κ2) is 6.12. The van der Waals surface area contributed by atoms with Crippen molar-refractivity contribution in [3.05, 3.63) is 0 Å². The van der Waals surface area contributed by atoms with Crippen molar-refractivity contribution in [1.82, 2.24) is 0 Å². The van der Waals surface area contributed by atoms with Crippen molar-refractivity contribution >= 4 is 11.9 Å². The van der Waals surface area contributed by atoms with Crippen LogP contribution in [-0.4, -0.2) is 59.3 Å². The molecule has 0 aliphatic carbocycles. The fourth-order valence-corrected chi connectivity index (χ4v) is 1.82. The summed E-state index contributed by atoms with van der Waals surface area (Å²) in [6.45, 7) is 3.88. The van der Waals surface area contributed by atoms with E-state index in [9.17, 15) is 19.8 Å². The molecule has 7 heteroatoms. The summed E-state index contributed by atoms with van der Waals surface area (Å²) in [5.74, 6) is -1.07. The maximum Gasteiger partial charge on any atom is 0.303 e. The number of carbonyl (C=O) groups excluding carboxylic acids is 2. The Kier molecular flexibility index (Phi) is 5.06. The predicted molar refractivity (Wildman–Crippen MR) is 58.5 cm³/mol. The number of esters is 2. The largest absolute Gasteiger partial charge is 0.463 e. The van der Waals surface area contributed by atoms with E-state index in [0.717, 1.165) is 0 Å². The number of rotatable bonds is 3. The second-order valence-corrected chi connectivity index (χ2v) is 4.24. The van der Waals surface area contributed by atoms with Crippen molar-refractivity contribution in [3.8, 4) is 0 Å². The van der Waals surface area contributed by atoms with Gasteiger partial charge in [-0.15, -0.1) is 0 Å². The lowest BCUT2D eigenvalue weighted by atomic mass is 9.96. The lowest BCUT2D eigenvalue weighted by Gasteiger charge is -2.40.